The molecule has 0 radical (unpaired) electrons. The number of nitrogens with zero attached hydrogens (tertiary/aromatic N) is 2. The molecule has 1 aliphatic rings. The van der Waals surface area contributed by atoms with Crippen LogP contribution in [0.15, 0.2) is 83.0 Å². The zero-order valence-electron chi connectivity index (χ0n) is 19.9. The highest BCUT2D eigenvalue weighted by Crippen LogP contribution is 2.44. The Morgan fingerprint density at radius 1 is 1.22 bits per heavy atom. The lowest BCUT2D eigenvalue weighted by Gasteiger charge is -2.24. The first-order valence-electron chi connectivity index (χ1n) is 11.5. The number of amides is 1. The predicted octanol–water partition coefficient (Wildman–Crippen LogP) is 6.11. The van der Waals surface area contributed by atoms with Crippen LogP contribution in [0.3, 0.4) is 0 Å². The number of aromatic nitrogens is 1. The molecule has 2 aromatic heterocycles. The molecule has 0 aliphatic carbocycles. The van der Waals surface area contributed by atoms with E-state index in [2.05, 4.69) is 18.5 Å². The van der Waals surface area contributed by atoms with Crippen molar-refractivity contribution in [3.63, 3.8) is 0 Å². The van der Waals surface area contributed by atoms with Gasteiger partial charge >= 0.3 is 0 Å². The molecular weight excluding hydrogens is 476 g/mol. The Balaban J connectivity index is 1.62. The number of aliphatic hydroxyl groups excluding tert-OH is 1. The maximum Gasteiger partial charge on any atom is 0.296 e. The Morgan fingerprint density at radius 2 is 2.00 bits per heavy atom. The van der Waals surface area contributed by atoms with Gasteiger partial charge < -0.3 is 14.3 Å². The van der Waals surface area contributed by atoms with Gasteiger partial charge in [0.25, 0.3) is 5.91 Å². The van der Waals surface area contributed by atoms with E-state index in [1.807, 2.05) is 18.2 Å². The summed E-state index contributed by atoms with van der Waals surface area (Å²) in [6.07, 6.45) is 2.52. The Morgan fingerprint density at radius 3 is 2.67 bits per heavy atom. The molecule has 5 rings (SSSR count). The molecule has 1 atom stereocenters. The Labute approximate surface area is 212 Å². The molecule has 0 fully saturated rings. The third kappa shape index (κ3) is 4.09. The summed E-state index contributed by atoms with van der Waals surface area (Å²) >= 11 is 1.34. The van der Waals surface area contributed by atoms with Crippen molar-refractivity contribution in [1.82, 2.24) is 4.98 Å². The van der Waals surface area contributed by atoms with Crippen LogP contribution in [0.2, 0.25) is 0 Å². The van der Waals surface area contributed by atoms with Crippen LogP contribution in [-0.2, 0) is 11.2 Å². The van der Waals surface area contributed by atoms with Gasteiger partial charge in [0.1, 0.15) is 18.1 Å². The molecule has 36 heavy (non-hydrogen) atoms. The highest BCUT2D eigenvalue weighted by atomic mass is 32.1. The smallest absolute Gasteiger partial charge is 0.296 e. The number of benzene rings is 2. The van der Waals surface area contributed by atoms with Crippen LogP contribution in [-0.4, -0.2) is 28.4 Å². The fraction of sp³-hybridized carbons (Fsp3) is 0.179. The number of aryl methyl sites for hydroxylation is 2. The van der Waals surface area contributed by atoms with Gasteiger partial charge in [0, 0.05) is 0 Å². The summed E-state index contributed by atoms with van der Waals surface area (Å²) in [6.45, 7) is 7.79. The maximum atomic E-state index is 13.5. The van der Waals surface area contributed by atoms with Crippen molar-refractivity contribution < 1.29 is 23.8 Å². The van der Waals surface area contributed by atoms with Crippen molar-refractivity contribution in [2.24, 2.45) is 0 Å². The molecule has 0 saturated heterocycles. The second-order valence-electron chi connectivity index (χ2n) is 8.40. The summed E-state index contributed by atoms with van der Waals surface area (Å²) in [7, 11) is 0. The molecule has 1 N–H and O–H groups in total. The molecule has 8 heteroatoms. The van der Waals surface area contributed by atoms with Gasteiger partial charge in [-0.1, -0.05) is 49.1 Å². The van der Waals surface area contributed by atoms with Crippen molar-refractivity contribution in [2.45, 2.75) is 26.3 Å². The number of rotatable bonds is 8. The standard InChI is InChI=1S/C28H24N2O5S/c1-4-14-34-19-10-8-18(9-11-19)24-23(25(31)21-13-6-16(3)35-21)26(32)27(33)30(24)28-29-20-12-7-17(5-2)15-22(20)36-28/h4,6-13,15,24,32H,1,5,14H2,2-3H3/t24-/m1/s1. The number of hydrogen-bond acceptors (Lipinski definition) is 7. The molecule has 0 unspecified atom stereocenters. The van der Waals surface area contributed by atoms with Crippen molar-refractivity contribution in [3.05, 3.63) is 101 Å². The highest BCUT2D eigenvalue weighted by Gasteiger charge is 2.46. The Kier molecular flexibility index (Phi) is 6.20. The van der Waals surface area contributed by atoms with E-state index in [-0.39, 0.29) is 11.3 Å². The molecule has 0 saturated carbocycles. The van der Waals surface area contributed by atoms with Crippen molar-refractivity contribution in [3.8, 4) is 5.75 Å². The zero-order valence-corrected chi connectivity index (χ0v) is 20.7. The van der Waals surface area contributed by atoms with E-state index in [0.717, 1.165) is 22.2 Å². The van der Waals surface area contributed by atoms with Gasteiger partial charge in [-0.05, 0) is 60.9 Å². The first-order chi connectivity index (χ1) is 17.4. The predicted molar refractivity (Wildman–Crippen MR) is 139 cm³/mol. The molecule has 4 aromatic rings. The van der Waals surface area contributed by atoms with Gasteiger partial charge in [-0.2, -0.15) is 0 Å². The number of fused-ring (bicyclic) bond motifs is 1. The van der Waals surface area contributed by atoms with Crippen LogP contribution in [0.5, 0.6) is 5.75 Å². The average Bonchev–Trinajstić information content (AvgIpc) is 3.58. The van der Waals surface area contributed by atoms with Gasteiger partial charge in [-0.25, -0.2) is 4.98 Å². The van der Waals surface area contributed by atoms with Gasteiger partial charge in [0.05, 0.1) is 21.8 Å². The summed E-state index contributed by atoms with van der Waals surface area (Å²) < 4.78 is 12.0. The van der Waals surface area contributed by atoms with Crippen LogP contribution in [0.25, 0.3) is 10.2 Å². The third-order valence-electron chi connectivity index (χ3n) is 6.04. The maximum absolute atomic E-state index is 13.5. The number of aliphatic hydroxyl groups is 1. The van der Waals surface area contributed by atoms with E-state index in [0.29, 0.717) is 28.8 Å². The molecule has 7 nitrogen and oxygen atoms in total. The van der Waals surface area contributed by atoms with Crippen molar-refractivity contribution in [2.75, 3.05) is 11.5 Å². The largest absolute Gasteiger partial charge is 0.503 e. The number of anilines is 1. The third-order valence-corrected chi connectivity index (χ3v) is 7.05. The fourth-order valence-electron chi connectivity index (χ4n) is 4.22. The van der Waals surface area contributed by atoms with Crippen LogP contribution in [0, 0.1) is 6.92 Å². The Bertz CT molecular complexity index is 1510. The molecule has 0 bridgehead atoms. The number of carbonyl (C=O) groups excluding carboxylic acids is 2. The minimum Gasteiger partial charge on any atom is -0.503 e. The molecule has 1 aliphatic heterocycles. The van der Waals surface area contributed by atoms with E-state index in [1.54, 1.807) is 49.4 Å². The number of ketones is 1. The molecule has 1 amide bonds. The van der Waals surface area contributed by atoms with Crippen LogP contribution < -0.4 is 9.64 Å². The molecular formula is C28H24N2O5S. The summed E-state index contributed by atoms with van der Waals surface area (Å²) in [5, 5.41) is 11.3. The van der Waals surface area contributed by atoms with Gasteiger partial charge in [-0.15, -0.1) is 0 Å². The number of hydrogen-bond donors (Lipinski definition) is 1. The van der Waals surface area contributed by atoms with E-state index in [9.17, 15) is 14.7 Å². The number of Topliss-reactive ketones (excluding diaryl/α,β-unsaturated/α-hetero) is 1. The van der Waals surface area contributed by atoms with E-state index in [4.69, 9.17) is 9.15 Å². The summed E-state index contributed by atoms with van der Waals surface area (Å²) in [6, 6.07) is 15.3. The van der Waals surface area contributed by atoms with Gasteiger partial charge in [0.15, 0.2) is 16.7 Å². The van der Waals surface area contributed by atoms with Crippen LogP contribution in [0.1, 0.15) is 40.4 Å². The summed E-state index contributed by atoms with van der Waals surface area (Å²) in [4.78, 5) is 33.0. The highest BCUT2D eigenvalue weighted by molar-refractivity contribution is 7.22. The second-order valence-corrected chi connectivity index (χ2v) is 9.41. The summed E-state index contributed by atoms with van der Waals surface area (Å²) in [5.41, 5.74) is 2.47. The van der Waals surface area contributed by atoms with Gasteiger partial charge in [0.2, 0.25) is 5.78 Å². The molecule has 3 heterocycles. The lowest BCUT2D eigenvalue weighted by Crippen LogP contribution is -2.30. The topological polar surface area (TPSA) is 92.9 Å². The van der Waals surface area contributed by atoms with Crippen LogP contribution >= 0.6 is 11.3 Å². The average molecular weight is 501 g/mol. The summed E-state index contributed by atoms with van der Waals surface area (Å²) in [5.74, 6) is -0.630. The minimum atomic E-state index is -0.893. The number of thiazole rings is 1. The molecule has 182 valence electrons. The lowest BCUT2D eigenvalue weighted by atomic mass is 9.95. The lowest BCUT2D eigenvalue weighted by molar-refractivity contribution is -0.117. The number of furan rings is 1. The van der Waals surface area contributed by atoms with Gasteiger partial charge in [-0.3, -0.25) is 14.5 Å². The zero-order chi connectivity index (χ0) is 25.4. The fourth-order valence-corrected chi connectivity index (χ4v) is 5.28. The minimum absolute atomic E-state index is 0.0523. The van der Waals surface area contributed by atoms with E-state index in [1.165, 1.54) is 16.2 Å². The van der Waals surface area contributed by atoms with Crippen LogP contribution in [0.4, 0.5) is 5.13 Å². The normalized spacial score (nSPS) is 15.7. The SMILES string of the molecule is C=CCOc1ccc([C@@H]2C(C(=O)c3ccc(C)o3)=C(O)C(=O)N2c2nc3ccc(CC)cc3s2)cc1. The Hall–Kier alpha value is -4.17. The second kappa shape index (κ2) is 9.47. The molecule has 2 aromatic carbocycles. The first-order valence-corrected chi connectivity index (χ1v) is 12.3. The van der Waals surface area contributed by atoms with Crippen molar-refractivity contribution in [1.29, 1.82) is 0 Å². The van der Waals surface area contributed by atoms with E-state index < -0.39 is 23.5 Å². The first kappa shape index (κ1) is 23.6. The number of ether oxygens (including phenoxy) is 1. The quantitative estimate of drug-likeness (QED) is 0.232. The van der Waals surface area contributed by atoms with E-state index >= 15 is 0 Å². The molecule has 0 spiro atoms. The van der Waals surface area contributed by atoms with Crippen molar-refractivity contribution >= 4 is 38.4 Å². The monoisotopic (exact) mass is 500 g/mol. The number of carbonyl (C=O) groups is 2.